The van der Waals surface area contributed by atoms with Crippen LogP contribution >= 0.6 is 0 Å². The lowest BCUT2D eigenvalue weighted by atomic mass is 9.43. The van der Waals surface area contributed by atoms with Crippen LogP contribution in [0.3, 0.4) is 0 Å². The number of carbonyl (C=O) groups excluding carboxylic acids is 1. The van der Waals surface area contributed by atoms with Crippen LogP contribution in [0.4, 0.5) is 0 Å². The van der Waals surface area contributed by atoms with Gasteiger partial charge in [-0.25, -0.2) is 4.79 Å². The number of benzene rings is 1. The highest BCUT2D eigenvalue weighted by Crippen LogP contribution is 2.65. The summed E-state index contributed by atoms with van der Waals surface area (Å²) in [6.45, 7) is 10.3. The Kier molecular flexibility index (Phi) is 4.17. The maximum Gasteiger partial charge on any atom is 0.486 e. The molecule has 4 fully saturated rings. The number of ether oxygens (including phenoxy) is 3. The smallest absolute Gasteiger partial charge is 0.486 e. The van der Waals surface area contributed by atoms with Gasteiger partial charge in [0.2, 0.25) is 5.79 Å². The van der Waals surface area contributed by atoms with Crippen LogP contribution < -0.4 is 9.47 Å². The summed E-state index contributed by atoms with van der Waals surface area (Å²) in [5, 5.41) is 0. The normalized spacial score (nSPS) is 35.2. The third-order valence-electron chi connectivity index (χ3n) is 7.66. The molecule has 5 aliphatic rings. The molecule has 0 spiro atoms. The summed E-state index contributed by atoms with van der Waals surface area (Å²) >= 11 is 0. The molecule has 1 saturated heterocycles. The molecule has 3 aliphatic carbocycles. The second kappa shape index (κ2) is 6.27. The molecule has 30 heavy (non-hydrogen) atoms. The molecule has 0 radical (unpaired) electrons. The van der Waals surface area contributed by atoms with Crippen molar-refractivity contribution in [2.24, 2.45) is 17.3 Å². The lowest BCUT2D eigenvalue weighted by molar-refractivity contribution is -0.199. The van der Waals surface area contributed by atoms with Crippen molar-refractivity contribution in [2.75, 3.05) is 7.11 Å². The number of cyclic esters (lactones) is 1. The van der Waals surface area contributed by atoms with E-state index in [4.69, 9.17) is 23.5 Å². The first-order valence-electron chi connectivity index (χ1n) is 10.7. The summed E-state index contributed by atoms with van der Waals surface area (Å²) in [5.41, 5.74) is 1.11. The van der Waals surface area contributed by atoms with E-state index in [-0.39, 0.29) is 11.7 Å². The van der Waals surface area contributed by atoms with E-state index >= 15 is 0 Å². The number of carbonyl (C=O) groups is 1. The molecule has 1 aromatic carbocycles. The van der Waals surface area contributed by atoms with Crippen molar-refractivity contribution < 1.29 is 28.3 Å². The predicted octanol–water partition coefficient (Wildman–Crippen LogP) is 4.26. The van der Waals surface area contributed by atoms with E-state index in [0.717, 1.165) is 12.0 Å². The Morgan fingerprint density at radius 3 is 2.60 bits per heavy atom. The number of methoxy groups -OCH3 is 1. The molecule has 2 heterocycles. The van der Waals surface area contributed by atoms with Gasteiger partial charge in [0.15, 0.2) is 0 Å². The highest BCUT2D eigenvalue weighted by Gasteiger charge is 2.67. The Labute approximate surface area is 178 Å². The van der Waals surface area contributed by atoms with E-state index in [0.29, 0.717) is 34.3 Å². The maximum absolute atomic E-state index is 12.6. The summed E-state index contributed by atoms with van der Waals surface area (Å²) in [6.07, 6.45) is 4.29. The fourth-order valence-electron chi connectivity index (χ4n) is 5.89. The standard InChI is InChI=1S/C23H29BO6/c1-21(2)14-11-16(21)23(5)17(12-14)29-24(30-23)10-9-13-7-8-15(26-6)18-19(13)27-22(3,4)28-20(18)25/h7-10,14,16-17H,11-12H2,1-6H3/b10-9-. The van der Waals surface area contributed by atoms with E-state index in [1.54, 1.807) is 19.9 Å². The van der Waals surface area contributed by atoms with Crippen LogP contribution in [0.1, 0.15) is 63.4 Å². The van der Waals surface area contributed by atoms with Gasteiger partial charge in [0, 0.05) is 19.4 Å². The Morgan fingerprint density at radius 2 is 1.90 bits per heavy atom. The zero-order valence-corrected chi connectivity index (χ0v) is 18.5. The second-order valence-corrected chi connectivity index (χ2v) is 10.1. The largest absolute Gasteiger partial charge is 0.496 e. The van der Waals surface area contributed by atoms with Crippen LogP contribution in [-0.2, 0) is 14.0 Å². The van der Waals surface area contributed by atoms with Crippen molar-refractivity contribution in [3.63, 3.8) is 0 Å². The number of hydrogen-bond acceptors (Lipinski definition) is 6. The summed E-state index contributed by atoms with van der Waals surface area (Å²) in [7, 11) is 1.10. The van der Waals surface area contributed by atoms with Crippen LogP contribution in [0.2, 0.25) is 0 Å². The SMILES string of the molecule is COc1ccc(/C=C\B2OC3CC4CC(C4(C)C)C3(C)O2)c2c1C(=O)OC(C)(C)O2. The lowest BCUT2D eigenvalue weighted by Crippen LogP contribution is -2.65. The molecule has 7 heteroatoms. The van der Waals surface area contributed by atoms with Crippen LogP contribution in [0.15, 0.2) is 18.1 Å². The van der Waals surface area contributed by atoms with Gasteiger partial charge < -0.3 is 23.5 Å². The van der Waals surface area contributed by atoms with E-state index < -0.39 is 18.9 Å². The summed E-state index contributed by atoms with van der Waals surface area (Å²) in [5.74, 6) is 2.51. The molecule has 2 aliphatic heterocycles. The average molecular weight is 412 g/mol. The highest BCUT2D eigenvalue weighted by atomic mass is 16.7. The molecule has 2 bridgehead atoms. The summed E-state index contributed by atoms with van der Waals surface area (Å²) in [4.78, 5) is 12.6. The Hall–Kier alpha value is -1.99. The van der Waals surface area contributed by atoms with Crippen LogP contribution in [0, 0.1) is 17.3 Å². The first-order valence-corrected chi connectivity index (χ1v) is 10.7. The third kappa shape index (κ3) is 2.74. The van der Waals surface area contributed by atoms with Gasteiger partial charge in [-0.3, -0.25) is 0 Å². The topological polar surface area (TPSA) is 63.2 Å². The van der Waals surface area contributed by atoms with E-state index in [9.17, 15) is 4.79 Å². The Bertz CT molecular complexity index is 938. The van der Waals surface area contributed by atoms with E-state index in [1.165, 1.54) is 13.5 Å². The van der Waals surface area contributed by atoms with Crippen molar-refractivity contribution >= 4 is 19.2 Å². The molecular formula is C23H29BO6. The molecular weight excluding hydrogens is 383 g/mol. The molecule has 0 amide bonds. The minimum atomic E-state index is -1.05. The fourth-order valence-corrected chi connectivity index (χ4v) is 5.89. The zero-order valence-electron chi connectivity index (χ0n) is 18.5. The molecule has 1 aromatic rings. The second-order valence-electron chi connectivity index (χ2n) is 10.1. The molecule has 0 N–H and O–H groups in total. The Morgan fingerprint density at radius 1 is 1.13 bits per heavy atom. The predicted molar refractivity (Wildman–Crippen MR) is 112 cm³/mol. The van der Waals surface area contributed by atoms with Crippen LogP contribution in [0.5, 0.6) is 11.5 Å². The lowest BCUT2D eigenvalue weighted by Gasteiger charge is -2.64. The molecule has 3 saturated carbocycles. The van der Waals surface area contributed by atoms with Crippen molar-refractivity contribution in [2.45, 2.75) is 65.0 Å². The minimum absolute atomic E-state index is 0.124. The van der Waals surface area contributed by atoms with Crippen LogP contribution in [-0.4, -0.2) is 37.7 Å². The van der Waals surface area contributed by atoms with E-state index in [1.807, 2.05) is 18.1 Å². The van der Waals surface area contributed by atoms with Gasteiger partial charge in [0.05, 0.1) is 18.8 Å². The zero-order chi connectivity index (χ0) is 21.5. The monoisotopic (exact) mass is 412 g/mol. The third-order valence-corrected chi connectivity index (χ3v) is 7.66. The van der Waals surface area contributed by atoms with Crippen molar-refractivity contribution in [1.29, 1.82) is 0 Å². The number of rotatable bonds is 3. The first kappa shape index (κ1) is 19.9. The number of fused-ring (bicyclic) bond motifs is 1. The number of hydrogen-bond donors (Lipinski definition) is 0. The maximum atomic E-state index is 12.6. The van der Waals surface area contributed by atoms with Crippen molar-refractivity contribution in [3.05, 3.63) is 29.2 Å². The fraction of sp³-hybridized carbons (Fsp3) is 0.609. The molecule has 160 valence electrons. The highest BCUT2D eigenvalue weighted by molar-refractivity contribution is 6.52. The molecule has 0 aromatic heterocycles. The summed E-state index contributed by atoms with van der Waals surface area (Å²) < 4.78 is 29.4. The molecule has 4 atom stereocenters. The Balaban J connectivity index is 1.42. The summed E-state index contributed by atoms with van der Waals surface area (Å²) in [6, 6.07) is 3.61. The van der Waals surface area contributed by atoms with Crippen molar-refractivity contribution in [1.82, 2.24) is 0 Å². The van der Waals surface area contributed by atoms with Gasteiger partial charge in [0.1, 0.15) is 17.1 Å². The molecule has 6 nitrogen and oxygen atoms in total. The van der Waals surface area contributed by atoms with Crippen molar-refractivity contribution in [3.8, 4) is 11.5 Å². The first-order chi connectivity index (χ1) is 14.0. The van der Waals surface area contributed by atoms with Crippen LogP contribution in [0.25, 0.3) is 6.08 Å². The van der Waals surface area contributed by atoms with Gasteiger partial charge in [-0.2, -0.15) is 0 Å². The average Bonchev–Trinajstić information content (AvgIpc) is 3.00. The van der Waals surface area contributed by atoms with Gasteiger partial charge in [0.25, 0.3) is 0 Å². The van der Waals surface area contributed by atoms with Gasteiger partial charge in [-0.15, -0.1) is 0 Å². The van der Waals surface area contributed by atoms with Gasteiger partial charge in [-0.1, -0.05) is 25.9 Å². The van der Waals surface area contributed by atoms with E-state index in [2.05, 4.69) is 20.8 Å². The van der Waals surface area contributed by atoms with Gasteiger partial charge >= 0.3 is 13.1 Å². The molecule has 6 rings (SSSR count). The number of esters is 1. The molecule has 4 unspecified atom stereocenters. The minimum Gasteiger partial charge on any atom is -0.496 e. The van der Waals surface area contributed by atoms with Gasteiger partial charge in [-0.05, 0) is 49.1 Å². The quantitative estimate of drug-likeness (QED) is 0.546.